The number of pyridine rings is 1. The minimum atomic E-state index is 0.749. The number of hydrogen-bond donors (Lipinski definition) is 0. The van der Waals surface area contributed by atoms with Crippen LogP contribution in [0.3, 0.4) is 0 Å². The van der Waals surface area contributed by atoms with Gasteiger partial charge in [-0.3, -0.25) is 4.57 Å². The Kier molecular flexibility index (Phi) is 6.99. The molecule has 0 spiro atoms. The van der Waals surface area contributed by atoms with Crippen LogP contribution in [0.5, 0.6) is 11.5 Å². The van der Waals surface area contributed by atoms with E-state index in [1.807, 2.05) is 59.2 Å². The maximum absolute atomic E-state index is 6.45. The van der Waals surface area contributed by atoms with Crippen molar-refractivity contribution < 1.29 is 4.74 Å². The number of nitrogens with zero attached hydrogens (tertiary/aromatic N) is 4. The van der Waals surface area contributed by atoms with E-state index in [0.29, 0.717) is 0 Å². The van der Waals surface area contributed by atoms with Gasteiger partial charge in [0.15, 0.2) is 0 Å². The Morgan fingerprint density at radius 1 is 0.767 bits per heavy atom. The Balaban J connectivity index is 1.22. The fourth-order valence-electron chi connectivity index (χ4n) is 5.95. The van der Waals surface area contributed by atoms with Crippen LogP contribution in [0.15, 0.2) is 114 Å². The fraction of sp³-hybridized carbons (Fsp3) is 0.135. The lowest BCUT2D eigenvalue weighted by molar-refractivity contribution is 0.483. The van der Waals surface area contributed by atoms with Gasteiger partial charge in [-0.15, -0.1) is 11.8 Å². The van der Waals surface area contributed by atoms with E-state index in [9.17, 15) is 0 Å². The first-order valence-electron chi connectivity index (χ1n) is 14.5. The zero-order valence-corrected chi connectivity index (χ0v) is 25.5. The molecule has 212 valence electrons. The van der Waals surface area contributed by atoms with Crippen molar-refractivity contribution in [3.8, 4) is 34.1 Å². The quantitative estimate of drug-likeness (QED) is 0.176. The van der Waals surface area contributed by atoms with E-state index >= 15 is 0 Å². The van der Waals surface area contributed by atoms with Crippen molar-refractivity contribution in [3.63, 3.8) is 0 Å². The molecule has 43 heavy (non-hydrogen) atoms. The molecule has 7 aromatic rings. The molecule has 0 amide bonds. The third kappa shape index (κ3) is 5.08. The first-order chi connectivity index (χ1) is 21.0. The molecule has 5 nitrogen and oxygen atoms in total. The number of aromatic nitrogens is 4. The van der Waals surface area contributed by atoms with Crippen molar-refractivity contribution in [1.29, 1.82) is 0 Å². The second kappa shape index (κ2) is 11.1. The Morgan fingerprint density at radius 2 is 1.56 bits per heavy atom. The summed E-state index contributed by atoms with van der Waals surface area (Å²) in [6.07, 6.45) is 5.91. The summed E-state index contributed by atoms with van der Waals surface area (Å²) in [6, 6.07) is 31.5. The van der Waals surface area contributed by atoms with Crippen molar-refractivity contribution >= 4 is 33.6 Å². The van der Waals surface area contributed by atoms with Gasteiger partial charge < -0.3 is 4.74 Å². The lowest BCUT2D eigenvalue weighted by Gasteiger charge is -2.11. The summed E-state index contributed by atoms with van der Waals surface area (Å²) in [5.74, 6) is 3.47. The maximum atomic E-state index is 6.45. The molecular weight excluding hydrogens is 549 g/mol. The van der Waals surface area contributed by atoms with Crippen molar-refractivity contribution in [2.24, 2.45) is 0 Å². The molecule has 0 saturated heterocycles. The van der Waals surface area contributed by atoms with Gasteiger partial charge in [-0.05, 0) is 103 Å². The number of ether oxygens (including phenoxy) is 1. The summed E-state index contributed by atoms with van der Waals surface area (Å²) in [7, 11) is 0. The monoisotopic (exact) mass is 580 g/mol. The van der Waals surface area contributed by atoms with Crippen LogP contribution in [0.25, 0.3) is 44.4 Å². The van der Waals surface area contributed by atoms with E-state index in [1.54, 1.807) is 0 Å². The minimum absolute atomic E-state index is 0.749. The first-order valence-corrected chi connectivity index (χ1v) is 15.5. The summed E-state index contributed by atoms with van der Waals surface area (Å²) in [6.45, 7) is 8.64. The standard InChI is InChI=1S/C37H32N4OS/c1-5-43-31-18-25(3)37(26(4)19-31)27-22-39-40(23-27)28-9-8-10-29(20-28)42-30-13-14-33-32-11-6-7-12-34(32)41(35(33)21-30)36-17-24(2)15-16-38-36/h6-23H,5H2,1-4H3. The molecule has 0 fully saturated rings. The SMILES string of the molecule is CCSc1cc(C)c(-c2cnn(-c3cccc(Oc4ccc5c6ccccc6n(-c6cc(C)ccn6)c5c4)c3)c2)c(C)c1. The van der Waals surface area contributed by atoms with Crippen molar-refractivity contribution in [2.75, 3.05) is 5.75 Å². The number of fused-ring (bicyclic) bond motifs is 3. The Hall–Kier alpha value is -4.81. The van der Waals surface area contributed by atoms with E-state index < -0.39 is 0 Å². The molecule has 0 radical (unpaired) electrons. The van der Waals surface area contributed by atoms with E-state index in [0.717, 1.165) is 50.7 Å². The molecule has 0 unspecified atom stereocenters. The van der Waals surface area contributed by atoms with E-state index in [-0.39, 0.29) is 0 Å². The average Bonchev–Trinajstić information content (AvgIpc) is 3.60. The molecule has 0 aliphatic carbocycles. The molecule has 0 atom stereocenters. The van der Waals surface area contributed by atoms with Crippen LogP contribution in [0.2, 0.25) is 0 Å². The molecule has 6 heteroatoms. The molecule has 0 bridgehead atoms. The third-order valence-corrected chi connectivity index (χ3v) is 8.64. The molecule has 0 aliphatic heterocycles. The Labute approximate surface area is 255 Å². The summed E-state index contributed by atoms with van der Waals surface area (Å²) < 4.78 is 10.6. The lowest BCUT2D eigenvalue weighted by Crippen LogP contribution is -1.97. The highest BCUT2D eigenvalue weighted by Crippen LogP contribution is 2.36. The second-order valence-corrected chi connectivity index (χ2v) is 12.2. The number of hydrogen-bond acceptors (Lipinski definition) is 4. The van der Waals surface area contributed by atoms with Crippen LogP contribution in [0.1, 0.15) is 23.6 Å². The molecule has 0 aliphatic rings. The van der Waals surface area contributed by atoms with Crippen LogP contribution in [-0.4, -0.2) is 25.1 Å². The van der Waals surface area contributed by atoms with Crippen LogP contribution < -0.4 is 4.74 Å². The predicted molar refractivity (Wildman–Crippen MR) is 178 cm³/mol. The topological polar surface area (TPSA) is 44.9 Å². The number of thioether (sulfide) groups is 1. The predicted octanol–water partition coefficient (Wildman–Crippen LogP) is 9.86. The number of para-hydroxylation sites is 1. The van der Waals surface area contributed by atoms with Gasteiger partial charge in [0.1, 0.15) is 17.3 Å². The smallest absolute Gasteiger partial charge is 0.137 e. The third-order valence-electron chi connectivity index (χ3n) is 7.78. The molecule has 7 rings (SSSR count). The molecule has 3 aromatic heterocycles. The fourth-order valence-corrected chi connectivity index (χ4v) is 6.80. The van der Waals surface area contributed by atoms with Gasteiger partial charge in [-0.1, -0.05) is 31.2 Å². The van der Waals surface area contributed by atoms with Crippen LogP contribution in [-0.2, 0) is 0 Å². The zero-order chi connectivity index (χ0) is 29.5. The van der Waals surface area contributed by atoms with Gasteiger partial charge in [-0.2, -0.15) is 5.10 Å². The van der Waals surface area contributed by atoms with Gasteiger partial charge in [0, 0.05) is 45.8 Å². The Morgan fingerprint density at radius 3 is 2.37 bits per heavy atom. The molecule has 0 saturated carbocycles. The van der Waals surface area contributed by atoms with Crippen molar-refractivity contribution in [2.45, 2.75) is 32.6 Å². The van der Waals surface area contributed by atoms with Crippen LogP contribution in [0, 0.1) is 20.8 Å². The van der Waals surface area contributed by atoms with Gasteiger partial charge in [0.05, 0.1) is 22.9 Å². The number of aryl methyl sites for hydroxylation is 3. The first kappa shape index (κ1) is 27.0. The highest BCUT2D eigenvalue weighted by molar-refractivity contribution is 7.99. The highest BCUT2D eigenvalue weighted by Gasteiger charge is 2.15. The average molecular weight is 581 g/mol. The van der Waals surface area contributed by atoms with Gasteiger partial charge in [-0.25, -0.2) is 9.67 Å². The summed E-state index contributed by atoms with van der Waals surface area (Å²) >= 11 is 1.87. The minimum Gasteiger partial charge on any atom is -0.457 e. The van der Waals surface area contributed by atoms with Crippen molar-refractivity contribution in [1.82, 2.24) is 19.3 Å². The largest absolute Gasteiger partial charge is 0.457 e. The lowest BCUT2D eigenvalue weighted by atomic mass is 9.98. The second-order valence-electron chi connectivity index (χ2n) is 10.9. The summed E-state index contributed by atoms with van der Waals surface area (Å²) in [4.78, 5) is 6.01. The van der Waals surface area contributed by atoms with Gasteiger partial charge >= 0.3 is 0 Å². The number of rotatable bonds is 7. The highest BCUT2D eigenvalue weighted by atomic mass is 32.2. The van der Waals surface area contributed by atoms with Crippen LogP contribution >= 0.6 is 11.8 Å². The summed E-state index contributed by atoms with van der Waals surface area (Å²) in [5, 5.41) is 7.07. The maximum Gasteiger partial charge on any atom is 0.137 e. The van der Waals surface area contributed by atoms with E-state index in [1.165, 1.54) is 32.5 Å². The molecule has 4 aromatic carbocycles. The normalized spacial score (nSPS) is 11.4. The Bertz CT molecular complexity index is 2100. The molecule has 0 N–H and O–H groups in total. The summed E-state index contributed by atoms with van der Waals surface area (Å²) in [5.41, 5.74) is 9.16. The number of benzene rings is 4. The zero-order valence-electron chi connectivity index (χ0n) is 24.7. The molecular formula is C37H32N4OS. The molecule has 3 heterocycles. The van der Waals surface area contributed by atoms with Gasteiger partial charge in [0.2, 0.25) is 0 Å². The van der Waals surface area contributed by atoms with Gasteiger partial charge in [0.25, 0.3) is 0 Å². The van der Waals surface area contributed by atoms with Crippen molar-refractivity contribution in [3.05, 3.63) is 126 Å². The van der Waals surface area contributed by atoms with E-state index in [2.05, 4.69) is 99.1 Å². The van der Waals surface area contributed by atoms with Crippen LogP contribution in [0.4, 0.5) is 0 Å². The van der Waals surface area contributed by atoms with E-state index in [4.69, 9.17) is 14.8 Å².